The van der Waals surface area contributed by atoms with E-state index >= 15 is 0 Å². The molecule has 0 radical (unpaired) electrons. The monoisotopic (exact) mass is 331 g/mol. The van der Waals surface area contributed by atoms with Crippen molar-refractivity contribution >= 4 is 33.6 Å². The molecular formula is C12H18BrN3OS. The molecular weight excluding hydrogens is 314 g/mol. The number of hydrazine groups is 1. The molecule has 100 valence electrons. The Morgan fingerprint density at radius 2 is 2.28 bits per heavy atom. The minimum Gasteiger partial charge on any atom is -0.330 e. The third-order valence-electron chi connectivity index (χ3n) is 2.51. The highest BCUT2D eigenvalue weighted by molar-refractivity contribution is 9.10. The van der Waals surface area contributed by atoms with Crippen molar-refractivity contribution in [2.24, 2.45) is 17.5 Å². The molecule has 0 heterocycles. The van der Waals surface area contributed by atoms with E-state index in [1.807, 2.05) is 17.8 Å². The van der Waals surface area contributed by atoms with Gasteiger partial charge in [-0.2, -0.15) is 11.8 Å². The fourth-order valence-electron chi connectivity index (χ4n) is 1.33. The van der Waals surface area contributed by atoms with Crippen molar-refractivity contribution in [3.05, 3.63) is 33.8 Å². The van der Waals surface area contributed by atoms with E-state index in [1.54, 1.807) is 12.1 Å². The molecule has 1 aromatic rings. The van der Waals surface area contributed by atoms with Crippen molar-refractivity contribution in [1.29, 1.82) is 0 Å². The van der Waals surface area contributed by atoms with E-state index in [0.717, 1.165) is 21.5 Å². The van der Waals surface area contributed by atoms with Crippen LogP contribution in [0.4, 0.5) is 0 Å². The summed E-state index contributed by atoms with van der Waals surface area (Å²) in [5.74, 6) is 7.26. The quantitative estimate of drug-likeness (QED) is 0.422. The summed E-state index contributed by atoms with van der Waals surface area (Å²) in [5, 5.41) is 0. The molecule has 1 atom stereocenters. The summed E-state index contributed by atoms with van der Waals surface area (Å²) in [4.78, 5) is 11.3. The van der Waals surface area contributed by atoms with E-state index in [9.17, 15) is 4.79 Å². The fraction of sp³-hybridized carbons (Fsp3) is 0.417. The first-order valence-corrected chi connectivity index (χ1v) is 7.60. The van der Waals surface area contributed by atoms with E-state index in [2.05, 4.69) is 28.3 Å². The number of carbonyl (C=O) groups excluding carboxylic acids is 1. The minimum atomic E-state index is -0.286. The van der Waals surface area contributed by atoms with Crippen LogP contribution in [0.3, 0.4) is 0 Å². The molecule has 0 aromatic heterocycles. The summed E-state index contributed by atoms with van der Waals surface area (Å²) in [7, 11) is 0. The summed E-state index contributed by atoms with van der Waals surface area (Å²) in [6.07, 6.45) is 0. The zero-order valence-corrected chi connectivity index (χ0v) is 12.7. The molecule has 0 bridgehead atoms. The molecule has 0 spiro atoms. The van der Waals surface area contributed by atoms with Gasteiger partial charge in [-0.3, -0.25) is 10.2 Å². The lowest BCUT2D eigenvalue weighted by molar-refractivity contribution is 0.0953. The lowest BCUT2D eigenvalue weighted by atomic mass is 10.1. The molecule has 0 aliphatic rings. The van der Waals surface area contributed by atoms with Gasteiger partial charge >= 0.3 is 0 Å². The zero-order valence-electron chi connectivity index (χ0n) is 10.3. The number of nitrogens with one attached hydrogen (secondary N) is 1. The fourth-order valence-corrected chi connectivity index (χ4v) is 3.16. The highest BCUT2D eigenvalue weighted by Gasteiger charge is 2.07. The molecule has 0 aliphatic heterocycles. The summed E-state index contributed by atoms with van der Waals surface area (Å²) in [5.41, 5.74) is 9.40. The largest absolute Gasteiger partial charge is 0.330 e. The minimum absolute atomic E-state index is 0.286. The van der Waals surface area contributed by atoms with Crippen LogP contribution in [0.1, 0.15) is 22.8 Å². The molecule has 0 saturated heterocycles. The third kappa shape index (κ3) is 4.61. The lowest BCUT2D eigenvalue weighted by Gasteiger charge is -2.09. The van der Waals surface area contributed by atoms with Crippen molar-refractivity contribution in [2.45, 2.75) is 12.7 Å². The van der Waals surface area contributed by atoms with E-state index in [-0.39, 0.29) is 5.91 Å². The zero-order chi connectivity index (χ0) is 13.5. The summed E-state index contributed by atoms with van der Waals surface area (Å²) in [6.45, 7) is 2.85. The van der Waals surface area contributed by atoms with Gasteiger partial charge in [0.15, 0.2) is 0 Å². The van der Waals surface area contributed by atoms with Gasteiger partial charge in [0, 0.05) is 15.8 Å². The molecule has 0 fully saturated rings. The maximum Gasteiger partial charge on any atom is 0.265 e. The van der Waals surface area contributed by atoms with Crippen LogP contribution in [0.15, 0.2) is 22.7 Å². The Kier molecular flexibility index (Phi) is 6.70. The number of hydrogen-bond donors (Lipinski definition) is 3. The molecule has 1 rings (SSSR count). The van der Waals surface area contributed by atoms with Crippen LogP contribution < -0.4 is 17.0 Å². The Morgan fingerprint density at radius 3 is 2.83 bits per heavy atom. The number of amides is 1. The molecule has 18 heavy (non-hydrogen) atoms. The van der Waals surface area contributed by atoms with Gasteiger partial charge in [-0.05, 0) is 35.9 Å². The van der Waals surface area contributed by atoms with Crippen LogP contribution >= 0.6 is 27.7 Å². The molecule has 1 aromatic carbocycles. The van der Waals surface area contributed by atoms with Gasteiger partial charge in [-0.25, -0.2) is 5.84 Å². The summed E-state index contributed by atoms with van der Waals surface area (Å²) in [6, 6.07) is 5.49. The number of nitrogen functional groups attached to an aromatic ring is 1. The Bertz CT molecular complexity index is 414. The average Bonchev–Trinajstić information content (AvgIpc) is 2.39. The number of benzene rings is 1. The van der Waals surface area contributed by atoms with Crippen LogP contribution in [-0.4, -0.2) is 18.2 Å². The lowest BCUT2D eigenvalue weighted by Crippen LogP contribution is -2.29. The first-order valence-electron chi connectivity index (χ1n) is 5.65. The predicted octanol–water partition coefficient (Wildman–Crippen LogP) is 1.88. The topological polar surface area (TPSA) is 81.1 Å². The number of carbonyl (C=O) groups is 1. The first kappa shape index (κ1) is 15.5. The molecule has 6 heteroatoms. The van der Waals surface area contributed by atoms with Gasteiger partial charge in [0.25, 0.3) is 5.91 Å². The second-order valence-electron chi connectivity index (χ2n) is 4.14. The predicted molar refractivity (Wildman–Crippen MR) is 80.2 cm³/mol. The standard InChI is InChI=1S/C12H18BrN3OS/c1-8(5-14)6-18-7-10-3-2-9(4-11(10)13)12(17)16-15/h2-4,8H,5-7,14-15H2,1H3,(H,16,17). The van der Waals surface area contributed by atoms with Crippen molar-refractivity contribution in [3.63, 3.8) is 0 Å². The van der Waals surface area contributed by atoms with Gasteiger partial charge in [-0.1, -0.05) is 28.9 Å². The molecule has 0 aliphatic carbocycles. The summed E-state index contributed by atoms with van der Waals surface area (Å²) >= 11 is 5.31. The second-order valence-corrected chi connectivity index (χ2v) is 6.02. The maximum absolute atomic E-state index is 11.3. The maximum atomic E-state index is 11.3. The van der Waals surface area contributed by atoms with Gasteiger partial charge in [0.2, 0.25) is 0 Å². The normalized spacial score (nSPS) is 12.2. The highest BCUT2D eigenvalue weighted by Crippen LogP contribution is 2.24. The number of nitrogens with two attached hydrogens (primary N) is 2. The van der Waals surface area contributed by atoms with Crippen molar-refractivity contribution in [2.75, 3.05) is 12.3 Å². The second kappa shape index (κ2) is 7.78. The van der Waals surface area contributed by atoms with E-state index in [4.69, 9.17) is 11.6 Å². The number of thioether (sulfide) groups is 1. The highest BCUT2D eigenvalue weighted by atomic mass is 79.9. The molecule has 1 unspecified atom stereocenters. The van der Waals surface area contributed by atoms with Crippen LogP contribution in [0.2, 0.25) is 0 Å². The van der Waals surface area contributed by atoms with Gasteiger partial charge in [0.1, 0.15) is 0 Å². The first-order chi connectivity index (χ1) is 8.58. The van der Waals surface area contributed by atoms with Gasteiger partial charge in [0.05, 0.1) is 0 Å². The summed E-state index contributed by atoms with van der Waals surface area (Å²) < 4.78 is 0.927. The SMILES string of the molecule is CC(CN)CSCc1ccc(C(=O)NN)cc1Br. The van der Waals surface area contributed by atoms with Crippen LogP contribution in [0.5, 0.6) is 0 Å². The van der Waals surface area contributed by atoms with Gasteiger partial charge < -0.3 is 5.73 Å². The molecule has 5 N–H and O–H groups in total. The Morgan fingerprint density at radius 1 is 1.56 bits per heavy atom. The number of halogens is 1. The van der Waals surface area contributed by atoms with Crippen LogP contribution in [0, 0.1) is 5.92 Å². The average molecular weight is 332 g/mol. The van der Waals surface area contributed by atoms with Crippen molar-refractivity contribution in [1.82, 2.24) is 5.43 Å². The van der Waals surface area contributed by atoms with Crippen molar-refractivity contribution < 1.29 is 4.79 Å². The van der Waals surface area contributed by atoms with E-state index in [0.29, 0.717) is 18.0 Å². The van der Waals surface area contributed by atoms with Crippen molar-refractivity contribution in [3.8, 4) is 0 Å². The molecule has 4 nitrogen and oxygen atoms in total. The Balaban J connectivity index is 2.60. The number of rotatable bonds is 6. The van der Waals surface area contributed by atoms with Gasteiger partial charge in [-0.15, -0.1) is 0 Å². The Labute approximate surface area is 120 Å². The van der Waals surface area contributed by atoms with E-state index < -0.39 is 0 Å². The van der Waals surface area contributed by atoms with E-state index in [1.165, 1.54) is 0 Å². The van der Waals surface area contributed by atoms with Crippen LogP contribution in [-0.2, 0) is 5.75 Å². The van der Waals surface area contributed by atoms with Crippen LogP contribution in [0.25, 0.3) is 0 Å². The third-order valence-corrected chi connectivity index (χ3v) is 4.57. The molecule has 0 saturated carbocycles. The Hall–Kier alpha value is -0.560. The molecule has 1 amide bonds. The smallest absolute Gasteiger partial charge is 0.265 e. The number of hydrogen-bond acceptors (Lipinski definition) is 4.